The summed E-state index contributed by atoms with van der Waals surface area (Å²) < 4.78 is 16.7. The molecule has 0 saturated carbocycles. The lowest BCUT2D eigenvalue weighted by Crippen LogP contribution is -2.48. The monoisotopic (exact) mass is 568 g/mol. The van der Waals surface area contributed by atoms with Gasteiger partial charge in [0.1, 0.15) is 5.60 Å². The number of nitrogens with zero attached hydrogens (tertiary/aromatic N) is 3. The van der Waals surface area contributed by atoms with E-state index < -0.39 is 5.60 Å². The third kappa shape index (κ3) is 10.9. The summed E-state index contributed by atoms with van der Waals surface area (Å²) >= 11 is 0. The van der Waals surface area contributed by atoms with Gasteiger partial charge in [0.25, 0.3) is 0 Å². The van der Waals surface area contributed by atoms with Gasteiger partial charge in [-0.2, -0.15) is 0 Å². The van der Waals surface area contributed by atoms with Crippen LogP contribution in [0.2, 0.25) is 0 Å². The first-order valence-electron chi connectivity index (χ1n) is 11.9. The van der Waals surface area contributed by atoms with Crippen LogP contribution in [-0.2, 0) is 14.2 Å². The largest absolute Gasteiger partial charge is 0.444 e. The van der Waals surface area contributed by atoms with Crippen molar-refractivity contribution in [2.45, 2.75) is 59.0 Å². The third-order valence-electron chi connectivity index (χ3n) is 5.76. The molecule has 2 aliphatic heterocycles. The zero-order valence-electron chi connectivity index (χ0n) is 20.7. The molecule has 1 unspecified atom stereocenters. The number of guanidine groups is 1. The average molecular weight is 569 g/mol. The van der Waals surface area contributed by atoms with Crippen LogP contribution in [0.15, 0.2) is 4.99 Å². The van der Waals surface area contributed by atoms with E-state index in [9.17, 15) is 4.79 Å². The van der Waals surface area contributed by atoms with Crippen molar-refractivity contribution in [2.75, 3.05) is 66.2 Å². The van der Waals surface area contributed by atoms with Crippen molar-refractivity contribution < 1.29 is 19.0 Å². The van der Waals surface area contributed by atoms with Crippen molar-refractivity contribution in [2.24, 2.45) is 16.8 Å². The summed E-state index contributed by atoms with van der Waals surface area (Å²) in [5, 5.41) is 3.47. The number of carbonyl (C=O) groups is 1. The van der Waals surface area contributed by atoms with Gasteiger partial charge < -0.3 is 29.3 Å². The third-order valence-corrected chi connectivity index (χ3v) is 5.76. The molecule has 0 bridgehead atoms. The number of piperidine rings is 1. The Labute approximate surface area is 211 Å². The minimum Gasteiger partial charge on any atom is -0.444 e. The summed E-state index contributed by atoms with van der Waals surface area (Å²) in [7, 11) is 1.84. The van der Waals surface area contributed by atoms with Gasteiger partial charge >= 0.3 is 6.09 Å². The number of aliphatic imine (C=N–C) groups is 1. The number of ether oxygens (including phenoxy) is 3. The van der Waals surface area contributed by atoms with Crippen molar-refractivity contribution in [3.63, 3.8) is 0 Å². The second kappa shape index (κ2) is 15.2. The van der Waals surface area contributed by atoms with Gasteiger partial charge in [-0.3, -0.25) is 4.99 Å². The molecule has 0 aromatic rings. The smallest absolute Gasteiger partial charge is 0.410 e. The zero-order valence-corrected chi connectivity index (χ0v) is 23.1. The second-order valence-electron chi connectivity index (χ2n) is 9.58. The van der Waals surface area contributed by atoms with Gasteiger partial charge in [0.05, 0.1) is 13.2 Å². The lowest BCUT2D eigenvalue weighted by molar-refractivity contribution is 0.0214. The van der Waals surface area contributed by atoms with Crippen LogP contribution in [0.3, 0.4) is 0 Å². The Kier molecular flexibility index (Phi) is 13.8. The summed E-state index contributed by atoms with van der Waals surface area (Å²) in [6.45, 7) is 15.2. The molecule has 2 heterocycles. The molecule has 1 atom stereocenters. The van der Waals surface area contributed by atoms with E-state index in [-0.39, 0.29) is 30.1 Å². The molecule has 32 heavy (non-hydrogen) atoms. The van der Waals surface area contributed by atoms with Crippen molar-refractivity contribution in [1.29, 1.82) is 0 Å². The Hall–Kier alpha value is -0.810. The number of halogens is 1. The Balaban J connectivity index is 0.00000512. The van der Waals surface area contributed by atoms with Crippen molar-refractivity contribution >= 4 is 36.0 Å². The first-order valence-corrected chi connectivity index (χ1v) is 11.9. The SMILES string of the molecule is CCN(CC1CCN(C(=NC)NCCCOCC2CCOC2)CC1)C(=O)OC(C)(C)C.I. The summed E-state index contributed by atoms with van der Waals surface area (Å²) in [5.41, 5.74) is -0.456. The molecule has 0 radical (unpaired) electrons. The highest BCUT2D eigenvalue weighted by Gasteiger charge is 2.27. The van der Waals surface area contributed by atoms with Crippen molar-refractivity contribution in [3.8, 4) is 0 Å². The van der Waals surface area contributed by atoms with Gasteiger partial charge in [0, 0.05) is 58.9 Å². The molecule has 188 valence electrons. The standard InChI is InChI=1S/C23H44N4O4.HI/c1-6-26(22(28)31-23(2,3)4)16-19-8-12-27(13-9-19)21(24-5)25-11-7-14-29-17-20-10-15-30-18-20;/h19-20H,6-18H2,1-5H3,(H,24,25);1H. The molecule has 8 nitrogen and oxygen atoms in total. The number of carbonyl (C=O) groups excluding carboxylic acids is 1. The van der Waals surface area contributed by atoms with E-state index in [1.807, 2.05) is 39.6 Å². The summed E-state index contributed by atoms with van der Waals surface area (Å²) in [5.74, 6) is 2.03. The normalized spacial score (nSPS) is 20.1. The molecule has 2 aliphatic rings. The second-order valence-corrected chi connectivity index (χ2v) is 9.58. The quantitative estimate of drug-likeness (QED) is 0.198. The fourth-order valence-electron chi connectivity index (χ4n) is 3.97. The Morgan fingerprint density at radius 1 is 1.22 bits per heavy atom. The summed E-state index contributed by atoms with van der Waals surface area (Å²) in [4.78, 5) is 21.0. The number of hydrogen-bond donors (Lipinski definition) is 1. The van der Waals surface area contributed by atoms with Crippen LogP contribution in [0.5, 0.6) is 0 Å². The maximum Gasteiger partial charge on any atom is 0.410 e. The molecule has 0 aromatic heterocycles. The molecular weight excluding hydrogens is 523 g/mol. The highest BCUT2D eigenvalue weighted by molar-refractivity contribution is 14.0. The summed E-state index contributed by atoms with van der Waals surface area (Å²) in [6.07, 6.45) is 3.97. The molecule has 2 saturated heterocycles. The fourth-order valence-corrected chi connectivity index (χ4v) is 3.97. The predicted molar refractivity (Wildman–Crippen MR) is 139 cm³/mol. The zero-order chi connectivity index (χ0) is 22.7. The van der Waals surface area contributed by atoms with Crippen LogP contribution in [-0.4, -0.2) is 93.7 Å². The van der Waals surface area contributed by atoms with Gasteiger partial charge in [-0.25, -0.2) is 4.79 Å². The van der Waals surface area contributed by atoms with E-state index >= 15 is 0 Å². The van der Waals surface area contributed by atoms with E-state index in [4.69, 9.17) is 14.2 Å². The van der Waals surface area contributed by atoms with E-state index in [2.05, 4.69) is 15.2 Å². The lowest BCUT2D eigenvalue weighted by atomic mass is 9.96. The van der Waals surface area contributed by atoms with Crippen LogP contribution in [0.25, 0.3) is 0 Å². The highest BCUT2D eigenvalue weighted by atomic mass is 127. The fraction of sp³-hybridized carbons (Fsp3) is 0.913. The molecule has 0 aliphatic carbocycles. The van der Waals surface area contributed by atoms with Crippen molar-refractivity contribution in [3.05, 3.63) is 0 Å². The molecular formula is C23H45IN4O4. The van der Waals surface area contributed by atoms with Crippen LogP contribution in [0, 0.1) is 11.8 Å². The number of hydrogen-bond acceptors (Lipinski definition) is 5. The molecule has 1 amide bonds. The topological polar surface area (TPSA) is 75.6 Å². The number of rotatable bonds is 9. The van der Waals surface area contributed by atoms with E-state index in [0.29, 0.717) is 18.4 Å². The van der Waals surface area contributed by atoms with Gasteiger partial charge in [-0.05, 0) is 59.3 Å². The first kappa shape index (κ1) is 29.2. The van der Waals surface area contributed by atoms with Gasteiger partial charge in [-0.15, -0.1) is 24.0 Å². The lowest BCUT2D eigenvalue weighted by Gasteiger charge is -2.36. The Morgan fingerprint density at radius 3 is 2.50 bits per heavy atom. The maximum atomic E-state index is 12.4. The molecule has 0 spiro atoms. The molecule has 0 aromatic carbocycles. The Bertz CT molecular complexity index is 557. The summed E-state index contributed by atoms with van der Waals surface area (Å²) in [6, 6.07) is 0. The van der Waals surface area contributed by atoms with E-state index in [1.54, 1.807) is 0 Å². The van der Waals surface area contributed by atoms with E-state index in [1.165, 1.54) is 0 Å². The highest BCUT2D eigenvalue weighted by Crippen LogP contribution is 2.20. The maximum absolute atomic E-state index is 12.4. The van der Waals surface area contributed by atoms with Crippen LogP contribution in [0.4, 0.5) is 4.79 Å². The Morgan fingerprint density at radius 2 is 1.94 bits per heavy atom. The minimum absolute atomic E-state index is 0. The average Bonchev–Trinajstić information content (AvgIpc) is 3.24. The van der Waals surface area contributed by atoms with Crippen LogP contribution < -0.4 is 5.32 Å². The molecule has 2 fully saturated rings. The predicted octanol–water partition coefficient (Wildman–Crippen LogP) is 3.59. The number of amides is 1. The number of nitrogens with one attached hydrogen (secondary N) is 1. The van der Waals surface area contributed by atoms with Gasteiger partial charge in [-0.1, -0.05) is 0 Å². The van der Waals surface area contributed by atoms with Crippen LogP contribution in [0.1, 0.15) is 53.4 Å². The number of likely N-dealkylation sites (tertiary alicyclic amines) is 1. The van der Waals surface area contributed by atoms with Gasteiger partial charge in [0.2, 0.25) is 0 Å². The van der Waals surface area contributed by atoms with Gasteiger partial charge in [0.15, 0.2) is 5.96 Å². The molecule has 2 rings (SSSR count). The minimum atomic E-state index is -0.456. The van der Waals surface area contributed by atoms with Crippen LogP contribution >= 0.6 is 24.0 Å². The van der Waals surface area contributed by atoms with E-state index in [0.717, 1.165) is 84.2 Å². The molecule has 9 heteroatoms. The first-order chi connectivity index (χ1) is 14.8. The molecule has 1 N–H and O–H groups in total. The van der Waals surface area contributed by atoms with Crippen molar-refractivity contribution in [1.82, 2.24) is 15.1 Å².